The average molecular weight is 1320 g/mol. The van der Waals surface area contributed by atoms with Gasteiger partial charge in [-0.1, -0.05) is 326 Å². The second-order valence-corrected chi connectivity index (χ2v) is 27.8. The number of carbonyl (C=O) groups is 1. The number of carbonyl (C=O) groups excluding carboxylic acids is 1. The Bertz CT molecular complexity index is 1750. The van der Waals surface area contributed by atoms with Crippen LogP contribution in [0.15, 0.2) is 48.6 Å². The van der Waals surface area contributed by atoms with E-state index in [0.29, 0.717) is 12.8 Å². The molecule has 0 radical (unpaired) electrons. The Morgan fingerprint density at radius 1 is 0.376 bits per heavy atom. The second-order valence-electron chi connectivity index (χ2n) is 27.8. The molecule has 93 heavy (non-hydrogen) atoms. The van der Waals surface area contributed by atoms with Gasteiger partial charge in [-0.25, -0.2) is 0 Å². The molecule has 2 fully saturated rings. The first-order chi connectivity index (χ1) is 45.6. The van der Waals surface area contributed by atoms with Gasteiger partial charge in [0.15, 0.2) is 12.6 Å². The highest BCUT2D eigenvalue weighted by Gasteiger charge is 2.51. The molecule has 1 amide bonds. The zero-order valence-electron chi connectivity index (χ0n) is 59.8. The number of aliphatic hydroxyl groups excluding tert-OH is 8. The average Bonchev–Trinajstić information content (AvgIpc) is 0.958. The van der Waals surface area contributed by atoms with Gasteiger partial charge < -0.3 is 65.1 Å². The smallest absolute Gasteiger partial charge is 0.220 e. The van der Waals surface area contributed by atoms with Crippen molar-refractivity contribution >= 4 is 5.91 Å². The van der Waals surface area contributed by atoms with Crippen LogP contribution in [-0.2, 0) is 23.7 Å². The normalized spacial score (nSPS) is 22.8. The fourth-order valence-electron chi connectivity index (χ4n) is 13.0. The molecule has 9 N–H and O–H groups in total. The summed E-state index contributed by atoms with van der Waals surface area (Å²) in [6.07, 6.45) is 67.9. The Kier molecular flexibility index (Phi) is 59.3. The van der Waals surface area contributed by atoms with E-state index in [9.17, 15) is 45.6 Å². The number of rotatable bonds is 66. The molecule has 2 aliphatic heterocycles. The number of nitrogens with one attached hydrogen (secondary N) is 1. The lowest BCUT2D eigenvalue weighted by Gasteiger charge is -2.46. The fourth-order valence-corrected chi connectivity index (χ4v) is 13.0. The highest BCUT2D eigenvalue weighted by Crippen LogP contribution is 2.30. The van der Waals surface area contributed by atoms with E-state index in [0.717, 1.165) is 44.9 Å². The van der Waals surface area contributed by atoms with E-state index >= 15 is 0 Å². The molecule has 14 nitrogen and oxygen atoms in total. The van der Waals surface area contributed by atoms with Crippen LogP contribution in [0.25, 0.3) is 0 Å². The summed E-state index contributed by atoms with van der Waals surface area (Å²) in [6.45, 7) is 2.81. The van der Waals surface area contributed by atoms with Gasteiger partial charge in [-0.05, 0) is 70.6 Å². The number of aliphatic hydroxyl groups is 8. The van der Waals surface area contributed by atoms with Crippen molar-refractivity contribution < 1.29 is 64.6 Å². The first-order valence-electron chi connectivity index (χ1n) is 39.4. The van der Waals surface area contributed by atoms with Crippen molar-refractivity contribution in [1.82, 2.24) is 5.32 Å². The summed E-state index contributed by atoms with van der Waals surface area (Å²) in [5, 5.41) is 87.4. The molecule has 546 valence electrons. The third-order valence-electron chi connectivity index (χ3n) is 19.2. The fraction of sp³-hybridized carbons (Fsp3) is 0.886. The van der Waals surface area contributed by atoms with Crippen LogP contribution in [0, 0.1) is 0 Å². The number of amides is 1. The van der Waals surface area contributed by atoms with Crippen molar-refractivity contribution in [2.45, 2.75) is 428 Å². The summed E-state index contributed by atoms with van der Waals surface area (Å²) in [6, 6.07) is -0.938. The van der Waals surface area contributed by atoms with Gasteiger partial charge >= 0.3 is 0 Å². The lowest BCUT2D eigenvalue weighted by molar-refractivity contribution is -0.359. The van der Waals surface area contributed by atoms with E-state index in [-0.39, 0.29) is 18.9 Å². The summed E-state index contributed by atoms with van der Waals surface area (Å²) in [7, 11) is 0. The molecule has 12 atom stereocenters. The minimum Gasteiger partial charge on any atom is -0.394 e. The topological polar surface area (TPSA) is 228 Å². The summed E-state index contributed by atoms with van der Waals surface area (Å²) in [4.78, 5) is 13.3. The lowest BCUT2D eigenvalue weighted by atomic mass is 9.97. The van der Waals surface area contributed by atoms with Crippen LogP contribution in [-0.4, -0.2) is 140 Å². The Labute approximate surface area is 569 Å². The van der Waals surface area contributed by atoms with E-state index in [1.807, 2.05) is 6.08 Å². The molecule has 2 aliphatic rings. The maximum Gasteiger partial charge on any atom is 0.220 e. The highest BCUT2D eigenvalue weighted by atomic mass is 16.7. The number of unbranched alkanes of at least 4 members (excludes halogenated alkanes) is 47. The van der Waals surface area contributed by atoms with Crippen LogP contribution >= 0.6 is 0 Å². The van der Waals surface area contributed by atoms with Crippen LogP contribution < -0.4 is 5.32 Å². The van der Waals surface area contributed by atoms with Crippen LogP contribution in [0.4, 0.5) is 0 Å². The Morgan fingerprint density at radius 2 is 0.688 bits per heavy atom. The van der Waals surface area contributed by atoms with E-state index in [2.05, 4.69) is 55.6 Å². The summed E-state index contributed by atoms with van der Waals surface area (Å²) < 4.78 is 22.8. The minimum atomic E-state index is -1.79. The van der Waals surface area contributed by atoms with Gasteiger partial charge in [0, 0.05) is 6.42 Å². The molecule has 2 rings (SSSR count). The van der Waals surface area contributed by atoms with Gasteiger partial charge in [-0.15, -0.1) is 0 Å². The summed E-state index contributed by atoms with van der Waals surface area (Å²) in [5.41, 5.74) is 0. The van der Waals surface area contributed by atoms with Gasteiger partial charge in [0.2, 0.25) is 5.91 Å². The van der Waals surface area contributed by atoms with Gasteiger partial charge in [-0.2, -0.15) is 0 Å². The van der Waals surface area contributed by atoms with Crippen LogP contribution in [0.3, 0.4) is 0 Å². The monoisotopic (exact) mass is 1320 g/mol. The van der Waals surface area contributed by atoms with Crippen LogP contribution in [0.1, 0.15) is 354 Å². The van der Waals surface area contributed by atoms with Crippen molar-refractivity contribution in [2.24, 2.45) is 0 Å². The van der Waals surface area contributed by atoms with Crippen molar-refractivity contribution in [3.8, 4) is 0 Å². The molecular formula is C79H147NO13. The van der Waals surface area contributed by atoms with Crippen molar-refractivity contribution in [3.63, 3.8) is 0 Å². The molecule has 12 unspecified atom stereocenters. The van der Waals surface area contributed by atoms with Gasteiger partial charge in [0.05, 0.1) is 32.0 Å². The maximum atomic E-state index is 13.3. The molecule has 0 bridgehead atoms. The molecule has 14 heteroatoms. The third kappa shape index (κ3) is 46.8. The Hall–Kier alpha value is -2.05. The number of allylic oxidation sites excluding steroid dienone is 7. The van der Waals surface area contributed by atoms with E-state index in [4.69, 9.17) is 18.9 Å². The zero-order chi connectivity index (χ0) is 67.3. The van der Waals surface area contributed by atoms with Gasteiger partial charge in [0.25, 0.3) is 0 Å². The number of hydrogen-bond donors (Lipinski definition) is 9. The van der Waals surface area contributed by atoms with Gasteiger partial charge in [-0.3, -0.25) is 4.79 Å². The predicted molar refractivity (Wildman–Crippen MR) is 383 cm³/mol. The summed E-state index contributed by atoms with van der Waals surface area (Å²) in [5.74, 6) is -0.247. The second kappa shape index (κ2) is 63.4. The minimum absolute atomic E-state index is 0.247. The lowest BCUT2D eigenvalue weighted by Crippen LogP contribution is -2.65. The highest BCUT2D eigenvalue weighted by molar-refractivity contribution is 5.76. The molecule has 0 aromatic rings. The van der Waals surface area contributed by atoms with Crippen molar-refractivity contribution in [1.29, 1.82) is 0 Å². The molecule has 2 heterocycles. The van der Waals surface area contributed by atoms with E-state index < -0.39 is 86.8 Å². The molecule has 0 saturated carbocycles. The summed E-state index contributed by atoms with van der Waals surface area (Å²) >= 11 is 0. The molecule has 0 aromatic heterocycles. The predicted octanol–water partition coefficient (Wildman–Crippen LogP) is 17.4. The van der Waals surface area contributed by atoms with Crippen molar-refractivity contribution in [2.75, 3.05) is 19.8 Å². The molecule has 0 spiro atoms. The molecule has 2 saturated heterocycles. The number of ether oxygens (including phenoxy) is 4. The maximum absolute atomic E-state index is 13.3. The largest absolute Gasteiger partial charge is 0.394 e. The van der Waals surface area contributed by atoms with Crippen molar-refractivity contribution in [3.05, 3.63) is 48.6 Å². The SMILES string of the molecule is CCCCCCCCCC/C=C\CCCCCCCCCCCCCCCCCCCCCCCCCCCCCCCC(=O)NC(COC1OC(CO)C(OC2OC(CO)C(O)C(O)C2O)C(O)C1O)C(O)/C=C/CC/C=C/CC/C=C/CCCCCCCCCC. The number of hydrogen-bond acceptors (Lipinski definition) is 13. The van der Waals surface area contributed by atoms with Gasteiger partial charge in [0.1, 0.15) is 48.8 Å². The molecular weight excluding hydrogens is 1170 g/mol. The first-order valence-corrected chi connectivity index (χ1v) is 39.4. The first kappa shape index (κ1) is 87.0. The quantitative estimate of drug-likeness (QED) is 0.0204. The zero-order valence-corrected chi connectivity index (χ0v) is 59.8. The molecule has 0 aliphatic carbocycles. The van der Waals surface area contributed by atoms with Crippen LogP contribution in [0.5, 0.6) is 0 Å². The third-order valence-corrected chi connectivity index (χ3v) is 19.2. The standard InChI is InChI=1S/C79H147NO13/c1-3-5-7-9-11-13-15-17-19-21-23-24-25-26-27-28-29-30-31-32-33-34-35-36-37-38-39-40-41-42-43-44-45-47-49-51-53-55-57-59-61-63-71(84)80-67(68(83)62-60-58-56-54-52-50-48-46-22-20-18-16-14-12-10-8-6-4-2)66-90-78-76(89)74(87)77(70(65-82)92-78)93-79-75(88)73(86)72(85)69(64-81)91-79/h21-23,46,52,54,60,62,67-70,72-79,81-83,85-89H,3-20,24-45,47-51,53,55-59,61,63-66H2,1-2H3,(H,80,84)/b23-21-,46-22+,54-52+,62-60+. The van der Waals surface area contributed by atoms with Crippen LogP contribution in [0.2, 0.25) is 0 Å². The van der Waals surface area contributed by atoms with E-state index in [1.165, 1.54) is 276 Å². The Balaban J connectivity index is 1.55. The molecule has 0 aromatic carbocycles. The van der Waals surface area contributed by atoms with E-state index in [1.54, 1.807) is 6.08 Å². The Morgan fingerprint density at radius 3 is 1.05 bits per heavy atom.